The van der Waals surface area contributed by atoms with Crippen molar-refractivity contribution in [2.24, 2.45) is 5.92 Å². The number of hydrogen-bond acceptors (Lipinski definition) is 5. The quantitative estimate of drug-likeness (QED) is 0.490. The minimum absolute atomic E-state index is 0.279. The topological polar surface area (TPSA) is 63.0 Å². The van der Waals surface area contributed by atoms with Gasteiger partial charge in [0.05, 0.1) is 17.7 Å². The summed E-state index contributed by atoms with van der Waals surface area (Å²) in [4.78, 5) is 2.73. The molecule has 0 amide bonds. The number of likely N-dealkylation sites (tertiary alicyclic amines) is 1. The zero-order valence-electron chi connectivity index (χ0n) is 19.5. The van der Waals surface area contributed by atoms with Gasteiger partial charge >= 0.3 is 0 Å². The number of fused-ring (bicyclic) bond motifs is 2. The first-order valence-corrected chi connectivity index (χ1v) is 13.5. The van der Waals surface area contributed by atoms with Crippen molar-refractivity contribution in [1.29, 1.82) is 0 Å². The number of benzene rings is 2. The highest BCUT2D eigenvalue weighted by molar-refractivity contribution is 7.89. The molecule has 2 aromatic carbocycles. The largest absolute Gasteiger partial charge is 0.492 e. The number of rotatable bonds is 7. The zero-order valence-corrected chi connectivity index (χ0v) is 20.3. The molecule has 0 N–H and O–H groups in total. The van der Waals surface area contributed by atoms with Crippen LogP contribution in [0.1, 0.15) is 11.3 Å². The lowest BCUT2D eigenvalue weighted by atomic mass is 10.1. The highest BCUT2D eigenvalue weighted by atomic mass is 32.2. The van der Waals surface area contributed by atoms with Crippen molar-refractivity contribution >= 4 is 10.0 Å². The number of hydrogen-bond donors (Lipinski definition) is 0. The summed E-state index contributed by atoms with van der Waals surface area (Å²) in [6.07, 6.45) is 8.96. The van der Waals surface area contributed by atoms with Crippen LogP contribution < -0.4 is 4.74 Å². The summed E-state index contributed by atoms with van der Waals surface area (Å²) in [6, 6.07) is 17.0. The Morgan fingerprint density at radius 2 is 1.74 bits per heavy atom. The Balaban J connectivity index is 1.06. The van der Waals surface area contributed by atoms with Gasteiger partial charge in [-0.1, -0.05) is 42.5 Å². The standard InChI is InChI=1S/C28H28N2O4S/c31-35(32,30-14-12-23-13-16-34-28(23)20-30)27-10-6-22(7-11-27)21-4-8-26(9-5-21)33-17-15-29-18-24-2-1-3-25(24)19-29/h1-11,13,16,24H,12,14-15,17-20H2. The predicted octanol–water partition coefficient (Wildman–Crippen LogP) is 4.50. The zero-order chi connectivity index (χ0) is 23.8. The fraction of sp³-hybridized carbons (Fsp3) is 0.286. The minimum atomic E-state index is -3.57. The van der Waals surface area contributed by atoms with Crippen LogP contribution in [0.3, 0.4) is 0 Å². The van der Waals surface area contributed by atoms with Crippen molar-refractivity contribution < 1.29 is 17.6 Å². The Labute approximate surface area is 206 Å². The minimum Gasteiger partial charge on any atom is -0.492 e. The van der Waals surface area contributed by atoms with Crippen molar-refractivity contribution in [3.8, 4) is 16.9 Å². The van der Waals surface area contributed by atoms with Gasteiger partial charge in [0.1, 0.15) is 18.1 Å². The number of sulfonamides is 1. The van der Waals surface area contributed by atoms with E-state index in [1.54, 1.807) is 18.4 Å². The van der Waals surface area contributed by atoms with Crippen LogP contribution in [0.2, 0.25) is 0 Å². The first-order chi connectivity index (χ1) is 17.1. The van der Waals surface area contributed by atoms with E-state index in [9.17, 15) is 8.42 Å². The summed E-state index contributed by atoms with van der Waals surface area (Å²) in [5.74, 6) is 2.17. The third kappa shape index (κ3) is 4.47. The molecule has 0 saturated carbocycles. The average Bonchev–Trinajstić information content (AvgIpc) is 3.61. The smallest absolute Gasteiger partial charge is 0.243 e. The number of ether oxygens (including phenoxy) is 1. The van der Waals surface area contributed by atoms with E-state index in [4.69, 9.17) is 9.15 Å². The second-order valence-corrected chi connectivity index (χ2v) is 11.3. The van der Waals surface area contributed by atoms with E-state index in [2.05, 4.69) is 23.1 Å². The average molecular weight is 489 g/mol. The van der Waals surface area contributed by atoms with E-state index in [0.29, 0.717) is 30.4 Å². The Kier molecular flexibility index (Phi) is 5.84. The molecule has 1 aromatic heterocycles. The molecule has 1 aliphatic carbocycles. The lowest BCUT2D eigenvalue weighted by Gasteiger charge is -2.25. The number of nitrogens with zero attached hydrogens (tertiary/aromatic N) is 2. The SMILES string of the molecule is O=S(=O)(c1ccc(-c2ccc(OCCN3CC4=CC=CC4C3)cc2)cc1)N1CCc2ccoc2C1. The van der Waals surface area contributed by atoms with E-state index in [-0.39, 0.29) is 6.54 Å². The first kappa shape index (κ1) is 22.3. The Hall–Kier alpha value is -3.13. The Bertz CT molecular complexity index is 1370. The van der Waals surface area contributed by atoms with Gasteiger partial charge in [-0.25, -0.2) is 8.42 Å². The molecular weight excluding hydrogens is 460 g/mol. The first-order valence-electron chi connectivity index (χ1n) is 12.0. The lowest BCUT2D eigenvalue weighted by molar-refractivity contribution is 0.236. The molecule has 0 radical (unpaired) electrons. The van der Waals surface area contributed by atoms with Gasteiger partial charge in [0.25, 0.3) is 0 Å². The van der Waals surface area contributed by atoms with Crippen molar-refractivity contribution in [3.63, 3.8) is 0 Å². The van der Waals surface area contributed by atoms with Gasteiger partial charge in [0.15, 0.2) is 0 Å². The fourth-order valence-corrected chi connectivity index (χ4v) is 6.50. The molecule has 1 unspecified atom stereocenters. The highest BCUT2D eigenvalue weighted by Gasteiger charge is 2.30. The molecule has 35 heavy (non-hydrogen) atoms. The van der Waals surface area contributed by atoms with E-state index < -0.39 is 10.0 Å². The summed E-state index contributed by atoms with van der Waals surface area (Å²) < 4.78 is 39.1. The molecule has 3 aliphatic rings. The maximum absolute atomic E-state index is 13.1. The Morgan fingerprint density at radius 3 is 2.51 bits per heavy atom. The number of furan rings is 1. The molecule has 180 valence electrons. The van der Waals surface area contributed by atoms with Crippen molar-refractivity contribution in [3.05, 3.63) is 96.0 Å². The molecule has 7 heteroatoms. The molecule has 3 heterocycles. The van der Waals surface area contributed by atoms with Crippen LogP contribution in [0.25, 0.3) is 11.1 Å². The van der Waals surface area contributed by atoms with Crippen LogP contribution in [0, 0.1) is 5.92 Å². The molecular formula is C28H28N2O4S. The lowest BCUT2D eigenvalue weighted by Crippen LogP contribution is -2.35. The van der Waals surface area contributed by atoms with Gasteiger partial charge in [-0.15, -0.1) is 0 Å². The summed E-state index contributed by atoms with van der Waals surface area (Å²) in [6.45, 7) is 4.43. The van der Waals surface area contributed by atoms with Crippen LogP contribution in [-0.4, -0.2) is 50.4 Å². The summed E-state index contributed by atoms with van der Waals surface area (Å²) in [7, 11) is -3.57. The van der Waals surface area contributed by atoms with E-state index >= 15 is 0 Å². The molecule has 1 atom stereocenters. The van der Waals surface area contributed by atoms with Crippen LogP contribution in [0.5, 0.6) is 5.75 Å². The van der Waals surface area contributed by atoms with Gasteiger partial charge in [0.2, 0.25) is 10.0 Å². The van der Waals surface area contributed by atoms with Gasteiger partial charge in [-0.05, 0) is 59.0 Å². The number of allylic oxidation sites excluding steroid dienone is 2. The van der Waals surface area contributed by atoms with Crippen molar-refractivity contribution in [2.45, 2.75) is 17.9 Å². The third-order valence-corrected chi connectivity index (χ3v) is 8.99. The third-order valence-electron chi connectivity index (χ3n) is 7.14. The van der Waals surface area contributed by atoms with E-state index in [1.165, 1.54) is 9.88 Å². The van der Waals surface area contributed by atoms with Crippen LogP contribution in [0.4, 0.5) is 0 Å². The molecule has 3 aromatic rings. The summed E-state index contributed by atoms with van der Waals surface area (Å²) in [5, 5.41) is 0. The van der Waals surface area contributed by atoms with Crippen LogP contribution >= 0.6 is 0 Å². The van der Waals surface area contributed by atoms with Gasteiger partial charge in [-0.2, -0.15) is 4.31 Å². The fourth-order valence-electron chi connectivity index (χ4n) is 5.10. The van der Waals surface area contributed by atoms with Crippen molar-refractivity contribution in [1.82, 2.24) is 9.21 Å². The van der Waals surface area contributed by atoms with Gasteiger partial charge < -0.3 is 9.15 Å². The molecule has 6 nitrogen and oxygen atoms in total. The molecule has 1 saturated heterocycles. The predicted molar refractivity (Wildman–Crippen MR) is 135 cm³/mol. The molecule has 0 spiro atoms. The van der Waals surface area contributed by atoms with Gasteiger partial charge in [0, 0.05) is 32.1 Å². The molecule has 2 aliphatic heterocycles. The maximum Gasteiger partial charge on any atom is 0.243 e. The van der Waals surface area contributed by atoms with Crippen molar-refractivity contribution in [2.75, 3.05) is 32.8 Å². The summed E-state index contributed by atoms with van der Waals surface area (Å²) >= 11 is 0. The van der Waals surface area contributed by atoms with Crippen LogP contribution in [0.15, 0.2) is 94.0 Å². The monoisotopic (exact) mass is 488 g/mol. The molecule has 6 rings (SSSR count). The molecule has 1 fully saturated rings. The van der Waals surface area contributed by atoms with E-state index in [1.807, 2.05) is 42.5 Å². The molecule has 0 bridgehead atoms. The van der Waals surface area contributed by atoms with Crippen LogP contribution in [-0.2, 0) is 23.0 Å². The second kappa shape index (κ2) is 9.15. The van der Waals surface area contributed by atoms with Gasteiger partial charge in [-0.3, -0.25) is 4.90 Å². The second-order valence-electron chi connectivity index (χ2n) is 9.32. The highest BCUT2D eigenvalue weighted by Crippen LogP contribution is 2.29. The summed E-state index contributed by atoms with van der Waals surface area (Å²) in [5.41, 5.74) is 4.58. The Morgan fingerprint density at radius 1 is 0.971 bits per heavy atom. The normalized spacial score (nSPS) is 20.0. The maximum atomic E-state index is 13.1. The van der Waals surface area contributed by atoms with E-state index in [0.717, 1.165) is 47.8 Å².